The van der Waals surface area contributed by atoms with Crippen molar-refractivity contribution in [3.63, 3.8) is 0 Å². The third-order valence-corrected chi connectivity index (χ3v) is 6.41. The second-order valence-corrected chi connectivity index (χ2v) is 8.44. The third-order valence-electron chi connectivity index (χ3n) is 6.41. The number of unbranched alkanes of at least 4 members (excludes halogenated alkanes) is 3. The van der Waals surface area contributed by atoms with Gasteiger partial charge in [-0.05, 0) is 39.0 Å². The summed E-state index contributed by atoms with van der Waals surface area (Å²) < 4.78 is 5.67. The van der Waals surface area contributed by atoms with Gasteiger partial charge in [-0.1, -0.05) is 70.3 Å². The van der Waals surface area contributed by atoms with Gasteiger partial charge in [-0.25, -0.2) is 0 Å². The monoisotopic (exact) mass is 362 g/mol. The number of esters is 1. The predicted octanol–water partition coefficient (Wildman–Crippen LogP) is 5.58. The van der Waals surface area contributed by atoms with Gasteiger partial charge in [0.05, 0.1) is 6.10 Å². The number of rotatable bonds is 11. The van der Waals surface area contributed by atoms with Gasteiger partial charge >= 0.3 is 5.97 Å². The number of hydrogen-bond acceptors (Lipinski definition) is 3. The minimum absolute atomic E-state index is 0.0595. The third kappa shape index (κ3) is 4.42. The van der Waals surface area contributed by atoms with E-state index in [1.54, 1.807) is 0 Å². The van der Waals surface area contributed by atoms with Gasteiger partial charge in [-0.2, -0.15) is 0 Å². The quantitative estimate of drug-likeness (QED) is 0.296. The second kappa shape index (κ2) is 9.73. The first-order valence-corrected chi connectivity index (χ1v) is 10.7. The molecular formula is C23H38O3. The van der Waals surface area contributed by atoms with E-state index in [1.165, 1.54) is 24.8 Å². The van der Waals surface area contributed by atoms with Crippen LogP contribution in [0.4, 0.5) is 0 Å². The SMILES string of the molecule is C=C(CCC)C(CCCCCC)C1OC(=O)C1(C)[C@H](O)C1C=CCCC1. The summed E-state index contributed by atoms with van der Waals surface area (Å²) in [5.41, 5.74) is 0.373. The van der Waals surface area contributed by atoms with E-state index in [4.69, 9.17) is 4.74 Å². The number of hydrogen-bond donors (Lipinski definition) is 1. The molecule has 0 aromatic rings. The Bertz CT molecular complexity index is 510. The highest BCUT2D eigenvalue weighted by molar-refractivity contribution is 5.84. The van der Waals surface area contributed by atoms with Crippen molar-refractivity contribution in [2.45, 2.75) is 97.2 Å². The van der Waals surface area contributed by atoms with E-state index >= 15 is 0 Å². The molecule has 1 saturated heterocycles. The number of aliphatic hydroxyl groups is 1. The Kier molecular flexibility index (Phi) is 7.94. The van der Waals surface area contributed by atoms with Crippen molar-refractivity contribution in [1.82, 2.24) is 0 Å². The van der Waals surface area contributed by atoms with Crippen molar-refractivity contribution in [3.8, 4) is 0 Å². The molecule has 1 aliphatic heterocycles. The summed E-state index contributed by atoms with van der Waals surface area (Å²) in [5, 5.41) is 11.1. The number of allylic oxidation sites excluding steroid dienone is 1. The van der Waals surface area contributed by atoms with E-state index in [-0.39, 0.29) is 23.9 Å². The Morgan fingerprint density at radius 2 is 2.12 bits per heavy atom. The summed E-state index contributed by atoms with van der Waals surface area (Å²) in [7, 11) is 0. The minimum atomic E-state index is -0.807. The van der Waals surface area contributed by atoms with Crippen molar-refractivity contribution < 1.29 is 14.6 Å². The Labute approximate surface area is 159 Å². The molecule has 5 atom stereocenters. The van der Waals surface area contributed by atoms with Crippen LogP contribution >= 0.6 is 0 Å². The number of cyclic esters (lactones) is 1. The highest BCUT2D eigenvalue weighted by Crippen LogP contribution is 2.49. The Morgan fingerprint density at radius 3 is 2.69 bits per heavy atom. The number of carbonyl (C=O) groups excluding carboxylic acids is 1. The molecular weight excluding hydrogens is 324 g/mol. The van der Waals surface area contributed by atoms with Gasteiger partial charge in [0.15, 0.2) is 0 Å². The van der Waals surface area contributed by atoms with Gasteiger partial charge in [0.2, 0.25) is 0 Å². The van der Waals surface area contributed by atoms with Crippen LogP contribution in [-0.2, 0) is 9.53 Å². The van der Waals surface area contributed by atoms with Gasteiger partial charge in [-0.15, -0.1) is 0 Å². The first-order valence-electron chi connectivity index (χ1n) is 10.7. The number of carbonyl (C=O) groups is 1. The summed E-state index contributed by atoms with van der Waals surface area (Å²) in [4.78, 5) is 12.5. The Morgan fingerprint density at radius 1 is 1.35 bits per heavy atom. The predicted molar refractivity (Wildman–Crippen MR) is 107 cm³/mol. The van der Waals surface area contributed by atoms with Gasteiger partial charge in [0.25, 0.3) is 0 Å². The first kappa shape index (κ1) is 21.2. The fourth-order valence-corrected chi connectivity index (χ4v) is 4.63. The summed E-state index contributed by atoms with van der Waals surface area (Å²) in [5.74, 6) is -0.0159. The first-order chi connectivity index (χ1) is 12.5. The van der Waals surface area contributed by atoms with Gasteiger partial charge < -0.3 is 9.84 Å². The molecule has 1 N–H and O–H groups in total. The average Bonchev–Trinajstić information content (AvgIpc) is 2.66. The molecule has 2 aliphatic rings. The zero-order chi connectivity index (χ0) is 19.2. The fraction of sp³-hybridized carbons (Fsp3) is 0.783. The largest absolute Gasteiger partial charge is 0.460 e. The zero-order valence-corrected chi connectivity index (χ0v) is 17.0. The molecule has 0 saturated carbocycles. The van der Waals surface area contributed by atoms with Crippen molar-refractivity contribution in [2.24, 2.45) is 17.3 Å². The lowest BCUT2D eigenvalue weighted by molar-refractivity contribution is -0.233. The molecule has 1 aliphatic carbocycles. The number of aliphatic hydroxyl groups excluding tert-OH is 1. The van der Waals surface area contributed by atoms with Gasteiger partial charge in [0.1, 0.15) is 11.5 Å². The Hall–Kier alpha value is -1.09. The van der Waals surface area contributed by atoms with E-state index in [0.29, 0.717) is 0 Å². The highest BCUT2D eigenvalue weighted by Gasteiger charge is 2.62. The fourth-order valence-electron chi connectivity index (χ4n) is 4.63. The van der Waals surface area contributed by atoms with Crippen LogP contribution in [0, 0.1) is 17.3 Å². The van der Waals surface area contributed by atoms with Gasteiger partial charge in [0, 0.05) is 11.8 Å². The molecule has 0 bridgehead atoms. The van der Waals surface area contributed by atoms with Crippen molar-refractivity contribution in [2.75, 3.05) is 0 Å². The lowest BCUT2D eigenvalue weighted by Crippen LogP contribution is -2.65. The van der Waals surface area contributed by atoms with E-state index in [1.807, 2.05) is 6.92 Å². The van der Waals surface area contributed by atoms with Crippen LogP contribution in [0.15, 0.2) is 24.3 Å². The number of ether oxygens (including phenoxy) is 1. The molecule has 148 valence electrons. The topological polar surface area (TPSA) is 46.5 Å². The summed E-state index contributed by atoms with van der Waals surface area (Å²) in [6, 6.07) is 0. The molecule has 1 heterocycles. The molecule has 4 unspecified atom stereocenters. The minimum Gasteiger partial charge on any atom is -0.460 e. The standard InChI is InChI=1S/C23H38O3/c1-5-7-8-12-16-19(17(3)13-6-2)21-23(4,22(25)26-21)20(24)18-14-10-9-11-15-18/h10,14,18-21,24H,3,5-9,11-13,15-16H2,1-2,4H3/t18?,19?,20-,21?,23?/m1/s1. The second-order valence-electron chi connectivity index (χ2n) is 8.44. The van der Waals surface area contributed by atoms with Crippen molar-refractivity contribution in [1.29, 1.82) is 0 Å². The molecule has 3 heteroatoms. The van der Waals surface area contributed by atoms with Crippen LogP contribution < -0.4 is 0 Å². The normalized spacial score (nSPS) is 30.4. The van der Waals surface area contributed by atoms with E-state index in [9.17, 15) is 9.90 Å². The molecule has 1 fully saturated rings. The van der Waals surface area contributed by atoms with Gasteiger partial charge in [-0.3, -0.25) is 4.79 Å². The maximum absolute atomic E-state index is 12.5. The van der Waals surface area contributed by atoms with Crippen LogP contribution in [0.25, 0.3) is 0 Å². The Balaban J connectivity index is 2.14. The van der Waals surface area contributed by atoms with Crippen molar-refractivity contribution in [3.05, 3.63) is 24.3 Å². The van der Waals surface area contributed by atoms with Crippen LogP contribution in [0.2, 0.25) is 0 Å². The summed E-state index contributed by atoms with van der Waals surface area (Å²) >= 11 is 0. The molecule has 26 heavy (non-hydrogen) atoms. The molecule has 0 aromatic heterocycles. The molecule has 0 amide bonds. The van der Waals surface area contributed by atoms with Crippen LogP contribution in [0.1, 0.15) is 85.0 Å². The van der Waals surface area contributed by atoms with E-state index < -0.39 is 11.5 Å². The smallest absolute Gasteiger partial charge is 0.318 e. The molecule has 0 aromatic carbocycles. The molecule has 3 nitrogen and oxygen atoms in total. The lowest BCUT2D eigenvalue weighted by Gasteiger charge is -2.52. The summed E-state index contributed by atoms with van der Waals surface area (Å²) in [6.45, 7) is 10.6. The van der Waals surface area contributed by atoms with Crippen LogP contribution in [0.3, 0.4) is 0 Å². The molecule has 0 spiro atoms. The maximum atomic E-state index is 12.5. The highest BCUT2D eigenvalue weighted by atomic mass is 16.6. The average molecular weight is 363 g/mol. The lowest BCUT2D eigenvalue weighted by atomic mass is 9.63. The van der Waals surface area contributed by atoms with E-state index in [0.717, 1.165) is 44.9 Å². The molecule has 0 radical (unpaired) electrons. The summed E-state index contributed by atoms with van der Waals surface area (Å²) in [6.07, 6.45) is 14.2. The van der Waals surface area contributed by atoms with Crippen LogP contribution in [0.5, 0.6) is 0 Å². The maximum Gasteiger partial charge on any atom is 0.318 e. The van der Waals surface area contributed by atoms with Crippen molar-refractivity contribution >= 4 is 5.97 Å². The van der Waals surface area contributed by atoms with E-state index in [2.05, 4.69) is 32.6 Å². The van der Waals surface area contributed by atoms with Crippen LogP contribution in [-0.4, -0.2) is 23.3 Å². The molecule has 2 rings (SSSR count). The zero-order valence-electron chi connectivity index (χ0n) is 17.0.